The monoisotopic (exact) mass is 539 g/mol. The Morgan fingerprint density at radius 1 is 1.11 bits per heavy atom. The number of aliphatic carboxylic acids is 1. The number of carboxylic acids is 1. The third-order valence-corrected chi connectivity index (χ3v) is 7.58. The highest BCUT2D eigenvalue weighted by atomic mass is 32.2. The number of carboxylic acid groups (broad SMARTS) is 1. The molecule has 4 heterocycles. The van der Waals surface area contributed by atoms with E-state index in [1.165, 1.54) is 22.6 Å². The van der Waals surface area contributed by atoms with Gasteiger partial charge in [-0.2, -0.15) is 0 Å². The Hall–Kier alpha value is -3.77. The Balaban J connectivity index is 1.52. The Kier molecular flexibility index (Phi) is 6.69. The molecule has 2 aliphatic rings. The lowest BCUT2D eigenvalue weighted by molar-refractivity contribution is -0.140. The molecule has 1 aromatic carbocycles. The summed E-state index contributed by atoms with van der Waals surface area (Å²) in [5.74, 6) is -1.59. The predicted molar refractivity (Wildman–Crippen MR) is 145 cm³/mol. The van der Waals surface area contributed by atoms with E-state index in [9.17, 15) is 18.8 Å². The molecule has 1 N–H and O–H groups in total. The van der Waals surface area contributed by atoms with Crippen LogP contribution in [0.4, 0.5) is 15.9 Å². The highest BCUT2D eigenvalue weighted by Crippen LogP contribution is 2.33. The largest absolute Gasteiger partial charge is 0.480 e. The Bertz CT molecular complexity index is 1510. The first kappa shape index (κ1) is 24.9. The highest BCUT2D eigenvalue weighted by molar-refractivity contribution is 8.26. The maximum Gasteiger partial charge on any atom is 0.323 e. The molecule has 0 atom stereocenters. The van der Waals surface area contributed by atoms with E-state index in [1.807, 2.05) is 17.9 Å². The van der Waals surface area contributed by atoms with Crippen molar-refractivity contribution in [1.29, 1.82) is 0 Å². The summed E-state index contributed by atoms with van der Waals surface area (Å²) in [6.07, 6.45) is 3.15. The number of carbonyl (C=O) groups is 2. The minimum atomic E-state index is -1.18. The molecule has 12 heteroatoms. The summed E-state index contributed by atoms with van der Waals surface area (Å²) in [6, 6.07) is 9.96. The number of aryl methyl sites for hydroxylation is 1. The van der Waals surface area contributed by atoms with Crippen LogP contribution in [0.2, 0.25) is 0 Å². The zero-order valence-electron chi connectivity index (χ0n) is 19.8. The van der Waals surface area contributed by atoms with Gasteiger partial charge in [-0.05, 0) is 48.9 Å². The number of anilines is 2. The first-order valence-corrected chi connectivity index (χ1v) is 12.7. The smallest absolute Gasteiger partial charge is 0.323 e. The topological polar surface area (TPSA) is 98.5 Å². The lowest BCUT2D eigenvalue weighted by Gasteiger charge is -2.37. The van der Waals surface area contributed by atoms with E-state index in [2.05, 4.69) is 4.90 Å². The number of amides is 1. The molecule has 2 aliphatic heterocycles. The summed E-state index contributed by atoms with van der Waals surface area (Å²) < 4.78 is 14.9. The van der Waals surface area contributed by atoms with E-state index in [0.29, 0.717) is 37.6 Å². The van der Waals surface area contributed by atoms with Gasteiger partial charge in [0.05, 0.1) is 10.5 Å². The lowest BCUT2D eigenvalue weighted by Crippen LogP contribution is -2.47. The molecule has 3 aromatic rings. The number of piperazine rings is 1. The van der Waals surface area contributed by atoms with Crippen molar-refractivity contribution in [2.45, 2.75) is 6.92 Å². The number of thiocarbonyl (C=S) groups is 1. The fourth-order valence-electron chi connectivity index (χ4n) is 4.35. The summed E-state index contributed by atoms with van der Waals surface area (Å²) in [5.41, 5.74) is 2.14. The summed E-state index contributed by atoms with van der Waals surface area (Å²) in [6.45, 7) is 3.67. The van der Waals surface area contributed by atoms with E-state index in [-0.39, 0.29) is 26.2 Å². The van der Waals surface area contributed by atoms with Crippen LogP contribution >= 0.6 is 24.0 Å². The number of benzene rings is 1. The molecule has 5 rings (SSSR count). The number of nitrogens with zero attached hydrogens (tertiary/aromatic N) is 5. The van der Waals surface area contributed by atoms with E-state index in [0.717, 1.165) is 27.9 Å². The van der Waals surface area contributed by atoms with Gasteiger partial charge >= 0.3 is 5.97 Å². The molecule has 2 saturated heterocycles. The number of hydrogen-bond acceptors (Lipinski definition) is 8. The van der Waals surface area contributed by atoms with Crippen LogP contribution < -0.4 is 15.4 Å². The maximum atomic E-state index is 13.6. The summed E-state index contributed by atoms with van der Waals surface area (Å²) in [7, 11) is 0. The van der Waals surface area contributed by atoms with Crippen molar-refractivity contribution in [3.8, 4) is 0 Å². The second kappa shape index (κ2) is 9.94. The number of carbonyl (C=O) groups excluding carboxylic acids is 1. The molecule has 1 amide bonds. The third-order valence-electron chi connectivity index (χ3n) is 6.20. The molecule has 37 heavy (non-hydrogen) atoms. The van der Waals surface area contributed by atoms with Crippen LogP contribution in [0.5, 0.6) is 0 Å². The zero-order valence-corrected chi connectivity index (χ0v) is 21.4. The molecule has 9 nitrogen and oxygen atoms in total. The molecule has 0 saturated carbocycles. The average molecular weight is 540 g/mol. The van der Waals surface area contributed by atoms with Gasteiger partial charge in [-0.25, -0.2) is 9.37 Å². The van der Waals surface area contributed by atoms with Crippen LogP contribution in [-0.4, -0.2) is 68.3 Å². The van der Waals surface area contributed by atoms with Crippen LogP contribution in [0.3, 0.4) is 0 Å². The molecule has 2 fully saturated rings. The second-order valence-electron chi connectivity index (χ2n) is 8.70. The van der Waals surface area contributed by atoms with Crippen LogP contribution in [0.25, 0.3) is 11.7 Å². The van der Waals surface area contributed by atoms with Crippen molar-refractivity contribution in [2.75, 3.05) is 42.5 Å². The number of halogens is 1. The van der Waals surface area contributed by atoms with E-state index in [4.69, 9.17) is 22.3 Å². The third kappa shape index (κ3) is 4.94. The minimum Gasteiger partial charge on any atom is -0.480 e. The van der Waals surface area contributed by atoms with Gasteiger partial charge in [-0.15, -0.1) is 0 Å². The van der Waals surface area contributed by atoms with Gasteiger partial charge in [0.15, 0.2) is 0 Å². The molecule has 0 radical (unpaired) electrons. The summed E-state index contributed by atoms with van der Waals surface area (Å²) >= 11 is 6.17. The number of hydrogen-bond donors (Lipinski definition) is 1. The van der Waals surface area contributed by atoms with Crippen molar-refractivity contribution in [3.05, 3.63) is 74.8 Å². The standard InChI is InChI=1S/C25H22FN5O4S2/c1-15-2-7-20-27-22(29-10-8-28(9-11-29)17-5-3-16(26)4-6-17)18(23(34)30(20)13-15)12-19-24(35)31(14-21(32)33)25(36)37-19/h2-7,12-13H,8-11,14H2,1H3,(H,32,33). The van der Waals surface area contributed by atoms with Gasteiger partial charge in [-0.3, -0.25) is 23.7 Å². The molecule has 0 bridgehead atoms. The molecule has 0 unspecified atom stereocenters. The number of rotatable bonds is 5. The van der Waals surface area contributed by atoms with Crippen molar-refractivity contribution in [1.82, 2.24) is 14.3 Å². The lowest BCUT2D eigenvalue weighted by atomic mass is 10.2. The van der Waals surface area contributed by atoms with Gasteiger partial charge in [0.2, 0.25) is 0 Å². The molecule has 190 valence electrons. The van der Waals surface area contributed by atoms with Gasteiger partial charge in [0.1, 0.15) is 28.1 Å². The Morgan fingerprint density at radius 2 is 1.78 bits per heavy atom. The zero-order chi connectivity index (χ0) is 26.3. The predicted octanol–water partition coefficient (Wildman–Crippen LogP) is 2.75. The maximum absolute atomic E-state index is 13.6. The van der Waals surface area contributed by atoms with Crippen molar-refractivity contribution < 1.29 is 19.1 Å². The summed E-state index contributed by atoms with van der Waals surface area (Å²) in [5, 5.41) is 9.13. The summed E-state index contributed by atoms with van der Waals surface area (Å²) in [4.78, 5) is 47.8. The van der Waals surface area contributed by atoms with Crippen molar-refractivity contribution in [2.24, 2.45) is 0 Å². The number of pyridine rings is 1. The normalized spacial score (nSPS) is 17.4. The van der Waals surface area contributed by atoms with E-state index in [1.54, 1.807) is 24.4 Å². The number of fused-ring (bicyclic) bond motifs is 1. The van der Waals surface area contributed by atoms with Gasteiger partial charge < -0.3 is 14.9 Å². The molecular weight excluding hydrogens is 517 g/mol. The van der Waals surface area contributed by atoms with Crippen LogP contribution in [0.1, 0.15) is 11.1 Å². The van der Waals surface area contributed by atoms with Crippen LogP contribution in [-0.2, 0) is 9.59 Å². The van der Waals surface area contributed by atoms with E-state index >= 15 is 0 Å². The van der Waals surface area contributed by atoms with Crippen LogP contribution in [0, 0.1) is 12.7 Å². The second-order valence-corrected chi connectivity index (χ2v) is 10.4. The highest BCUT2D eigenvalue weighted by Gasteiger charge is 2.34. The molecular formula is C25H22FN5O4S2. The van der Waals surface area contributed by atoms with Gasteiger partial charge in [0, 0.05) is 38.1 Å². The fraction of sp³-hybridized carbons (Fsp3) is 0.240. The van der Waals surface area contributed by atoms with Crippen LogP contribution in [0.15, 0.2) is 52.3 Å². The first-order valence-electron chi connectivity index (χ1n) is 11.5. The van der Waals surface area contributed by atoms with Gasteiger partial charge in [0.25, 0.3) is 11.5 Å². The first-order chi connectivity index (χ1) is 17.7. The number of aromatic nitrogens is 2. The van der Waals surface area contributed by atoms with E-state index < -0.39 is 18.4 Å². The number of thioether (sulfide) groups is 1. The van der Waals surface area contributed by atoms with Crippen molar-refractivity contribution in [3.63, 3.8) is 0 Å². The molecule has 0 spiro atoms. The molecule has 0 aliphatic carbocycles. The quantitative estimate of drug-likeness (QED) is 0.388. The van der Waals surface area contributed by atoms with Gasteiger partial charge in [-0.1, -0.05) is 30.0 Å². The fourth-order valence-corrected chi connectivity index (χ4v) is 5.58. The Labute approximate surface area is 220 Å². The minimum absolute atomic E-state index is 0.123. The van der Waals surface area contributed by atoms with Crippen molar-refractivity contribution >= 4 is 63.4 Å². The SMILES string of the molecule is Cc1ccc2nc(N3CCN(c4ccc(F)cc4)CC3)c(C=C3SC(=S)N(CC(=O)O)C3=O)c(=O)n2c1. The average Bonchev–Trinajstić information content (AvgIpc) is 3.13. The Morgan fingerprint density at radius 3 is 2.46 bits per heavy atom. The molecule has 2 aromatic heterocycles.